The minimum atomic E-state index is -0.276. The van der Waals surface area contributed by atoms with Gasteiger partial charge in [-0.1, -0.05) is 19.9 Å². The molecule has 2 heterocycles. The van der Waals surface area contributed by atoms with Crippen molar-refractivity contribution in [1.82, 2.24) is 15.3 Å². The molecule has 0 saturated heterocycles. The van der Waals surface area contributed by atoms with Crippen LogP contribution in [0.15, 0.2) is 36.5 Å². The van der Waals surface area contributed by atoms with Crippen LogP contribution in [0.2, 0.25) is 0 Å². The van der Waals surface area contributed by atoms with Crippen LogP contribution in [0, 0.1) is 11.3 Å². The maximum atomic E-state index is 12.0. The molecule has 2 rings (SSSR count). The fourth-order valence-corrected chi connectivity index (χ4v) is 1.86. The lowest BCUT2D eigenvalue weighted by Crippen LogP contribution is -2.37. The molecule has 0 aliphatic heterocycles. The van der Waals surface area contributed by atoms with Crippen molar-refractivity contribution in [3.05, 3.63) is 53.6 Å². The molecule has 0 radical (unpaired) electrons. The van der Waals surface area contributed by atoms with Crippen molar-refractivity contribution < 1.29 is 4.79 Å². The van der Waals surface area contributed by atoms with Gasteiger partial charge >= 0.3 is 0 Å². The Balaban J connectivity index is 2.04. The van der Waals surface area contributed by atoms with Gasteiger partial charge < -0.3 is 10.3 Å². The van der Waals surface area contributed by atoms with Gasteiger partial charge in [0.15, 0.2) is 0 Å². The third-order valence-electron chi connectivity index (χ3n) is 3.11. The molecule has 0 saturated carbocycles. The summed E-state index contributed by atoms with van der Waals surface area (Å²) in [4.78, 5) is 19.2. The molecule has 2 aromatic heterocycles. The fourth-order valence-electron chi connectivity index (χ4n) is 1.86. The Morgan fingerprint density at radius 2 is 2.20 bits per heavy atom. The Morgan fingerprint density at radius 3 is 2.85 bits per heavy atom. The Hall–Kier alpha value is -2.61. The number of nitriles is 1. The lowest BCUT2D eigenvalue weighted by Gasteiger charge is -2.23. The average molecular weight is 268 g/mol. The van der Waals surface area contributed by atoms with E-state index in [4.69, 9.17) is 5.26 Å². The molecule has 102 valence electrons. The number of carbonyl (C=O) groups excluding carboxylic acids is 1. The molecule has 5 nitrogen and oxygen atoms in total. The lowest BCUT2D eigenvalue weighted by atomic mass is 9.89. The summed E-state index contributed by atoms with van der Waals surface area (Å²) in [7, 11) is 0. The van der Waals surface area contributed by atoms with Gasteiger partial charge in [0.05, 0.1) is 0 Å². The standard InChI is InChI=1S/C15H16N4O/c1-15(2,13-7-4-8-17-13)10-18-14(20)12-6-3-5-11(9-16)19-12/h3-8,17H,10H2,1-2H3,(H,18,20). The van der Waals surface area contributed by atoms with Gasteiger partial charge in [-0.25, -0.2) is 4.98 Å². The minimum absolute atomic E-state index is 0.202. The fraction of sp³-hybridized carbons (Fsp3) is 0.267. The molecule has 20 heavy (non-hydrogen) atoms. The van der Waals surface area contributed by atoms with Gasteiger partial charge in [-0.15, -0.1) is 0 Å². The van der Waals surface area contributed by atoms with E-state index in [-0.39, 0.29) is 22.7 Å². The monoisotopic (exact) mass is 268 g/mol. The molecule has 5 heteroatoms. The molecule has 0 aliphatic carbocycles. The number of hydrogen-bond donors (Lipinski definition) is 2. The van der Waals surface area contributed by atoms with Crippen LogP contribution in [0.3, 0.4) is 0 Å². The summed E-state index contributed by atoms with van der Waals surface area (Å²) in [6.45, 7) is 4.56. The van der Waals surface area contributed by atoms with Crippen LogP contribution < -0.4 is 5.32 Å². The molecular weight excluding hydrogens is 252 g/mol. The minimum Gasteiger partial charge on any atom is -0.364 e. The summed E-state index contributed by atoms with van der Waals surface area (Å²) in [6, 6.07) is 10.6. The Labute approximate surface area is 117 Å². The first kappa shape index (κ1) is 13.8. The molecule has 2 aromatic rings. The third-order valence-corrected chi connectivity index (χ3v) is 3.11. The van der Waals surface area contributed by atoms with Crippen LogP contribution in [0.4, 0.5) is 0 Å². The molecule has 0 fully saturated rings. The number of aromatic amines is 1. The van der Waals surface area contributed by atoms with Gasteiger partial charge in [0.1, 0.15) is 17.5 Å². The second-order valence-electron chi connectivity index (χ2n) is 5.17. The summed E-state index contributed by atoms with van der Waals surface area (Å²) in [5.41, 5.74) is 1.34. The highest BCUT2D eigenvalue weighted by atomic mass is 16.1. The van der Waals surface area contributed by atoms with E-state index in [0.717, 1.165) is 5.69 Å². The molecule has 0 bridgehead atoms. The van der Waals surface area contributed by atoms with Crippen molar-refractivity contribution >= 4 is 5.91 Å². The SMILES string of the molecule is CC(C)(CNC(=O)c1cccc(C#N)n1)c1ccc[nH]1. The van der Waals surface area contributed by atoms with E-state index in [9.17, 15) is 4.79 Å². The van der Waals surface area contributed by atoms with Crippen LogP contribution in [-0.2, 0) is 5.41 Å². The number of aromatic nitrogens is 2. The van der Waals surface area contributed by atoms with Crippen LogP contribution in [0.25, 0.3) is 0 Å². The lowest BCUT2D eigenvalue weighted by molar-refractivity contribution is 0.0940. The number of pyridine rings is 1. The molecule has 1 amide bonds. The molecule has 0 unspecified atom stereocenters. The van der Waals surface area contributed by atoms with Gasteiger partial charge in [0.25, 0.3) is 5.91 Å². The van der Waals surface area contributed by atoms with Crippen molar-refractivity contribution in [1.29, 1.82) is 5.26 Å². The van der Waals surface area contributed by atoms with E-state index in [1.54, 1.807) is 18.2 Å². The van der Waals surface area contributed by atoms with E-state index in [1.165, 1.54) is 0 Å². The van der Waals surface area contributed by atoms with Gasteiger partial charge in [-0.05, 0) is 24.3 Å². The normalized spacial score (nSPS) is 10.8. The summed E-state index contributed by atoms with van der Waals surface area (Å²) < 4.78 is 0. The Kier molecular flexibility index (Phi) is 3.85. The van der Waals surface area contributed by atoms with Crippen molar-refractivity contribution in [2.75, 3.05) is 6.54 Å². The topological polar surface area (TPSA) is 81.6 Å². The first-order valence-electron chi connectivity index (χ1n) is 6.32. The van der Waals surface area contributed by atoms with Gasteiger partial charge in [-0.3, -0.25) is 4.79 Å². The summed E-state index contributed by atoms with van der Waals surface area (Å²) >= 11 is 0. The number of rotatable bonds is 4. The number of nitrogens with zero attached hydrogens (tertiary/aromatic N) is 2. The van der Waals surface area contributed by atoms with Crippen molar-refractivity contribution in [2.45, 2.75) is 19.3 Å². The van der Waals surface area contributed by atoms with Crippen LogP contribution in [0.1, 0.15) is 35.7 Å². The average Bonchev–Trinajstić information content (AvgIpc) is 3.00. The molecular formula is C15H16N4O. The zero-order valence-corrected chi connectivity index (χ0v) is 11.5. The highest BCUT2D eigenvalue weighted by Crippen LogP contribution is 2.20. The van der Waals surface area contributed by atoms with E-state index in [1.807, 2.05) is 38.2 Å². The van der Waals surface area contributed by atoms with E-state index in [0.29, 0.717) is 6.54 Å². The second kappa shape index (κ2) is 5.57. The van der Waals surface area contributed by atoms with Crippen LogP contribution >= 0.6 is 0 Å². The maximum absolute atomic E-state index is 12.0. The predicted molar refractivity (Wildman–Crippen MR) is 75.1 cm³/mol. The molecule has 0 aliphatic rings. The van der Waals surface area contributed by atoms with Crippen LogP contribution in [-0.4, -0.2) is 22.4 Å². The van der Waals surface area contributed by atoms with E-state index in [2.05, 4.69) is 15.3 Å². The van der Waals surface area contributed by atoms with Crippen molar-refractivity contribution in [3.8, 4) is 6.07 Å². The summed E-state index contributed by atoms with van der Waals surface area (Å²) in [6.07, 6.45) is 1.86. The van der Waals surface area contributed by atoms with Gasteiger partial charge in [-0.2, -0.15) is 5.26 Å². The number of nitrogens with one attached hydrogen (secondary N) is 2. The first-order valence-corrected chi connectivity index (χ1v) is 6.32. The summed E-state index contributed by atoms with van der Waals surface area (Å²) in [5.74, 6) is -0.276. The number of carbonyl (C=O) groups is 1. The molecule has 2 N–H and O–H groups in total. The van der Waals surface area contributed by atoms with Gasteiger partial charge in [0.2, 0.25) is 0 Å². The van der Waals surface area contributed by atoms with Crippen molar-refractivity contribution in [3.63, 3.8) is 0 Å². The highest BCUT2D eigenvalue weighted by Gasteiger charge is 2.22. The van der Waals surface area contributed by atoms with Gasteiger partial charge in [0, 0.05) is 23.9 Å². The Bertz CT molecular complexity index is 638. The first-order chi connectivity index (χ1) is 9.53. The van der Waals surface area contributed by atoms with Crippen LogP contribution in [0.5, 0.6) is 0 Å². The Morgan fingerprint density at radius 1 is 1.40 bits per heavy atom. The van der Waals surface area contributed by atoms with Crippen molar-refractivity contribution in [2.24, 2.45) is 0 Å². The maximum Gasteiger partial charge on any atom is 0.269 e. The summed E-state index contributed by atoms with van der Waals surface area (Å²) in [5, 5.41) is 11.6. The zero-order valence-electron chi connectivity index (χ0n) is 11.5. The molecule has 0 spiro atoms. The molecule has 0 atom stereocenters. The number of hydrogen-bond acceptors (Lipinski definition) is 3. The number of H-pyrrole nitrogens is 1. The molecule has 0 aromatic carbocycles. The quantitative estimate of drug-likeness (QED) is 0.889. The highest BCUT2D eigenvalue weighted by molar-refractivity contribution is 5.92. The smallest absolute Gasteiger partial charge is 0.269 e. The predicted octanol–water partition coefficient (Wildman–Crippen LogP) is 1.99. The van der Waals surface area contributed by atoms with E-state index >= 15 is 0 Å². The zero-order chi connectivity index (χ0) is 14.6. The second-order valence-corrected chi connectivity index (χ2v) is 5.17. The third kappa shape index (κ3) is 3.04. The van der Waals surface area contributed by atoms with E-state index < -0.39 is 0 Å². The number of amides is 1. The largest absolute Gasteiger partial charge is 0.364 e.